The minimum atomic E-state index is -3.11. The summed E-state index contributed by atoms with van der Waals surface area (Å²) in [6, 6.07) is 5.42. The monoisotopic (exact) mass is 500 g/mol. The van der Waals surface area contributed by atoms with Gasteiger partial charge >= 0.3 is 0 Å². The number of carbonyl (C=O) groups is 2. The Labute approximate surface area is 202 Å². The molecule has 5 rings (SSSR count). The van der Waals surface area contributed by atoms with Gasteiger partial charge in [0.25, 0.3) is 11.8 Å². The number of benzene rings is 1. The van der Waals surface area contributed by atoms with Gasteiger partial charge in [0.05, 0.1) is 17.1 Å². The zero-order valence-electron chi connectivity index (χ0n) is 19.5. The summed E-state index contributed by atoms with van der Waals surface area (Å²) in [5.41, 5.74) is 3.89. The van der Waals surface area contributed by atoms with Crippen molar-refractivity contribution in [3.8, 4) is 0 Å². The number of amides is 2. The van der Waals surface area contributed by atoms with Crippen LogP contribution >= 0.6 is 11.3 Å². The van der Waals surface area contributed by atoms with E-state index in [1.165, 1.54) is 11.3 Å². The SMILES string of the molecule is Cc1ccc2c(C)c(C(=O)Nc3sc4c(c3C(=O)N[C@@H]3CCS(=O)(=O)C3)CC[C@H](C)C4)oc2c1. The molecule has 180 valence electrons. The molecule has 0 spiro atoms. The molecule has 34 heavy (non-hydrogen) atoms. The van der Waals surface area contributed by atoms with Crippen molar-refractivity contribution in [1.29, 1.82) is 0 Å². The van der Waals surface area contributed by atoms with E-state index < -0.39 is 21.8 Å². The molecule has 2 aromatic heterocycles. The average molecular weight is 501 g/mol. The lowest BCUT2D eigenvalue weighted by Crippen LogP contribution is -2.36. The van der Waals surface area contributed by atoms with E-state index in [1.54, 1.807) is 0 Å². The molecule has 2 atom stereocenters. The molecule has 1 aromatic carbocycles. The van der Waals surface area contributed by atoms with Crippen LogP contribution in [0.1, 0.15) is 62.2 Å². The van der Waals surface area contributed by atoms with Crippen molar-refractivity contribution in [3.63, 3.8) is 0 Å². The summed E-state index contributed by atoms with van der Waals surface area (Å²) >= 11 is 1.44. The number of fused-ring (bicyclic) bond motifs is 2. The standard InChI is InChI=1S/C25H28N2O5S2/c1-13-4-6-17-15(3)22(32-19(17)10-13)24(29)27-25-21(18-7-5-14(2)11-20(18)33-25)23(28)26-16-8-9-34(30,31)12-16/h4,6,10,14,16H,5,7-9,11-12H2,1-3H3,(H,26,28)(H,27,29)/t14-,16+/m0/s1. The third-order valence-corrected chi connectivity index (χ3v) is 9.77. The van der Waals surface area contributed by atoms with Crippen LogP contribution in [0.5, 0.6) is 0 Å². The lowest BCUT2D eigenvalue weighted by Gasteiger charge is -2.19. The van der Waals surface area contributed by atoms with Gasteiger partial charge in [-0.2, -0.15) is 0 Å². The van der Waals surface area contributed by atoms with Crippen molar-refractivity contribution < 1.29 is 22.4 Å². The second kappa shape index (κ2) is 8.53. The van der Waals surface area contributed by atoms with E-state index in [0.717, 1.165) is 46.2 Å². The first-order valence-electron chi connectivity index (χ1n) is 11.6. The Bertz CT molecular complexity index is 1420. The van der Waals surface area contributed by atoms with Gasteiger partial charge in [0.15, 0.2) is 15.6 Å². The number of anilines is 1. The maximum atomic E-state index is 13.3. The number of nitrogens with one attached hydrogen (secondary N) is 2. The Kier molecular flexibility index (Phi) is 5.80. The first-order chi connectivity index (χ1) is 16.1. The van der Waals surface area contributed by atoms with Crippen LogP contribution in [0.3, 0.4) is 0 Å². The summed E-state index contributed by atoms with van der Waals surface area (Å²) in [4.78, 5) is 27.7. The summed E-state index contributed by atoms with van der Waals surface area (Å²) in [6.45, 7) is 6.00. The molecule has 0 radical (unpaired) electrons. The summed E-state index contributed by atoms with van der Waals surface area (Å²) in [5, 5.41) is 7.23. The molecular formula is C25H28N2O5S2. The number of hydrogen-bond donors (Lipinski definition) is 2. The second-order valence-corrected chi connectivity index (χ2v) is 13.0. The predicted octanol–water partition coefficient (Wildman–Crippen LogP) is 4.41. The minimum Gasteiger partial charge on any atom is -0.451 e. The Morgan fingerprint density at radius 2 is 1.94 bits per heavy atom. The highest BCUT2D eigenvalue weighted by atomic mass is 32.2. The Hall–Kier alpha value is -2.65. The van der Waals surface area contributed by atoms with E-state index in [4.69, 9.17) is 4.42 Å². The van der Waals surface area contributed by atoms with Crippen molar-refractivity contribution in [1.82, 2.24) is 5.32 Å². The van der Waals surface area contributed by atoms with Crippen LogP contribution in [0.25, 0.3) is 11.0 Å². The Balaban J connectivity index is 1.47. The molecule has 0 unspecified atom stereocenters. The van der Waals surface area contributed by atoms with E-state index >= 15 is 0 Å². The van der Waals surface area contributed by atoms with Gasteiger partial charge in [0, 0.05) is 21.9 Å². The zero-order valence-corrected chi connectivity index (χ0v) is 21.1. The molecule has 0 saturated carbocycles. The largest absolute Gasteiger partial charge is 0.451 e. The normalized spacial score (nSPS) is 21.4. The van der Waals surface area contributed by atoms with Gasteiger partial charge in [-0.15, -0.1) is 11.3 Å². The molecule has 2 amide bonds. The maximum Gasteiger partial charge on any atom is 0.292 e. The van der Waals surface area contributed by atoms with E-state index in [1.807, 2.05) is 32.0 Å². The molecule has 1 aliphatic carbocycles. The highest BCUT2D eigenvalue weighted by Crippen LogP contribution is 2.40. The molecule has 1 fully saturated rings. The van der Waals surface area contributed by atoms with Gasteiger partial charge in [0.2, 0.25) is 0 Å². The molecule has 9 heteroatoms. The quantitative estimate of drug-likeness (QED) is 0.552. The van der Waals surface area contributed by atoms with Crippen LogP contribution in [0, 0.1) is 19.8 Å². The van der Waals surface area contributed by atoms with Crippen LogP contribution in [0.4, 0.5) is 5.00 Å². The van der Waals surface area contributed by atoms with Crippen LogP contribution in [-0.2, 0) is 22.7 Å². The number of thiophene rings is 1. The zero-order chi connectivity index (χ0) is 24.2. The Morgan fingerprint density at radius 1 is 1.15 bits per heavy atom. The van der Waals surface area contributed by atoms with Crippen molar-refractivity contribution in [2.24, 2.45) is 5.92 Å². The second-order valence-electron chi connectivity index (χ2n) is 9.64. The number of sulfone groups is 1. The van der Waals surface area contributed by atoms with Crippen molar-refractivity contribution in [3.05, 3.63) is 51.1 Å². The topological polar surface area (TPSA) is 105 Å². The van der Waals surface area contributed by atoms with Gasteiger partial charge in [-0.05, 0) is 62.6 Å². The van der Waals surface area contributed by atoms with Gasteiger partial charge in [-0.3, -0.25) is 9.59 Å². The number of aryl methyl sites for hydroxylation is 2. The fraction of sp³-hybridized carbons (Fsp3) is 0.440. The average Bonchev–Trinajstić information content (AvgIpc) is 3.39. The van der Waals surface area contributed by atoms with Gasteiger partial charge in [-0.25, -0.2) is 8.42 Å². The van der Waals surface area contributed by atoms with E-state index in [9.17, 15) is 18.0 Å². The molecule has 7 nitrogen and oxygen atoms in total. The molecule has 2 aliphatic rings. The van der Waals surface area contributed by atoms with E-state index in [2.05, 4.69) is 17.6 Å². The maximum absolute atomic E-state index is 13.3. The molecule has 3 heterocycles. The number of hydrogen-bond acceptors (Lipinski definition) is 6. The fourth-order valence-electron chi connectivity index (χ4n) is 4.95. The van der Waals surface area contributed by atoms with Crippen molar-refractivity contribution in [2.45, 2.75) is 52.5 Å². The molecule has 2 N–H and O–H groups in total. The molecule has 0 bridgehead atoms. The predicted molar refractivity (Wildman–Crippen MR) is 134 cm³/mol. The van der Waals surface area contributed by atoms with Crippen molar-refractivity contribution >= 4 is 49.0 Å². The highest BCUT2D eigenvalue weighted by Gasteiger charge is 2.33. The third kappa shape index (κ3) is 4.27. The lowest BCUT2D eigenvalue weighted by atomic mass is 9.88. The third-order valence-electron chi connectivity index (χ3n) is 6.83. The molecule has 3 aromatic rings. The van der Waals surface area contributed by atoms with E-state index in [-0.39, 0.29) is 23.2 Å². The van der Waals surface area contributed by atoms with Gasteiger partial charge in [0.1, 0.15) is 10.6 Å². The van der Waals surface area contributed by atoms with Crippen LogP contribution in [-0.4, -0.2) is 37.8 Å². The number of rotatable bonds is 4. The number of carbonyl (C=O) groups excluding carboxylic acids is 2. The first kappa shape index (κ1) is 23.1. The Morgan fingerprint density at radius 3 is 2.68 bits per heavy atom. The fourth-order valence-corrected chi connectivity index (χ4v) is 8.03. The number of furan rings is 1. The summed E-state index contributed by atoms with van der Waals surface area (Å²) in [5.74, 6) is 0.0735. The molecule has 1 aliphatic heterocycles. The first-order valence-corrected chi connectivity index (χ1v) is 14.2. The van der Waals surface area contributed by atoms with Crippen molar-refractivity contribution in [2.75, 3.05) is 16.8 Å². The van der Waals surface area contributed by atoms with Crippen LogP contribution < -0.4 is 10.6 Å². The lowest BCUT2D eigenvalue weighted by molar-refractivity contribution is 0.0941. The summed E-state index contributed by atoms with van der Waals surface area (Å²) in [6.07, 6.45) is 3.00. The smallest absolute Gasteiger partial charge is 0.292 e. The van der Waals surface area contributed by atoms with Gasteiger partial charge in [-0.1, -0.05) is 19.1 Å². The van der Waals surface area contributed by atoms with Gasteiger partial charge < -0.3 is 15.1 Å². The minimum absolute atomic E-state index is 0.0403. The van der Waals surface area contributed by atoms with Crippen LogP contribution in [0.15, 0.2) is 22.6 Å². The highest BCUT2D eigenvalue weighted by molar-refractivity contribution is 7.91. The molecular weight excluding hydrogens is 472 g/mol. The van der Waals surface area contributed by atoms with E-state index in [0.29, 0.717) is 28.5 Å². The molecule has 1 saturated heterocycles. The summed E-state index contributed by atoms with van der Waals surface area (Å²) < 4.78 is 29.6. The van der Waals surface area contributed by atoms with Crippen LogP contribution in [0.2, 0.25) is 0 Å². The summed E-state index contributed by atoms with van der Waals surface area (Å²) in [7, 11) is -3.11.